The molecule has 8 nitrogen and oxygen atoms in total. The Kier molecular flexibility index (Phi) is 6.62. The molecule has 5 rings (SSSR count). The number of hydrogen-bond donors (Lipinski definition) is 3. The third-order valence-corrected chi connectivity index (χ3v) is 6.50. The molecule has 0 unspecified atom stereocenters. The van der Waals surface area contributed by atoms with Crippen molar-refractivity contribution in [2.75, 3.05) is 10.6 Å². The number of benzene rings is 3. The van der Waals surface area contributed by atoms with Gasteiger partial charge in [-0.3, -0.25) is 15.1 Å². The van der Waals surface area contributed by atoms with Crippen molar-refractivity contribution in [3.05, 3.63) is 102 Å². The third-order valence-electron chi connectivity index (χ3n) is 6.50. The summed E-state index contributed by atoms with van der Waals surface area (Å²) < 4.78 is 1.75. The van der Waals surface area contributed by atoms with E-state index in [0.29, 0.717) is 17.1 Å². The summed E-state index contributed by atoms with van der Waals surface area (Å²) in [6.07, 6.45) is 3.13. The van der Waals surface area contributed by atoms with Crippen molar-refractivity contribution in [1.82, 2.24) is 14.8 Å². The fraction of sp³-hybridized carbons (Fsp3) is 0.161. The van der Waals surface area contributed by atoms with E-state index in [4.69, 9.17) is 10.8 Å². The van der Waals surface area contributed by atoms with Crippen molar-refractivity contribution >= 4 is 34.2 Å². The summed E-state index contributed by atoms with van der Waals surface area (Å²) in [4.78, 5) is 29.1. The van der Waals surface area contributed by atoms with Gasteiger partial charge in [-0.1, -0.05) is 68.8 Å². The third kappa shape index (κ3) is 5.36. The average molecular weight is 519 g/mol. The molecular formula is C31H30N6O2. The van der Waals surface area contributed by atoms with Crippen LogP contribution in [0, 0.1) is 6.92 Å². The van der Waals surface area contributed by atoms with E-state index in [2.05, 4.69) is 36.4 Å². The molecule has 0 saturated heterocycles. The van der Waals surface area contributed by atoms with Crippen molar-refractivity contribution in [2.45, 2.75) is 33.1 Å². The summed E-state index contributed by atoms with van der Waals surface area (Å²) in [5.74, 6) is 0.0275. The second-order valence-corrected chi connectivity index (χ2v) is 10.5. The van der Waals surface area contributed by atoms with Crippen LogP contribution in [0.25, 0.3) is 27.6 Å². The van der Waals surface area contributed by atoms with Crippen molar-refractivity contribution in [2.24, 2.45) is 5.73 Å². The van der Waals surface area contributed by atoms with Crippen molar-refractivity contribution in [3.8, 4) is 16.8 Å². The summed E-state index contributed by atoms with van der Waals surface area (Å²) in [6, 6.07) is 22.7. The number of aromatic nitrogens is 3. The number of urea groups is 1. The van der Waals surface area contributed by atoms with Gasteiger partial charge in [0.25, 0.3) is 0 Å². The standard InChI is InChI=1S/C31H30N6O2/c1-19-9-11-22(12-10-19)37-28(16-27(36-37)31(2,3)4)35-30(39)34-26-14-13-23(24-7-5-6-8-25(24)26)20-15-21(29(32)38)18-33-17-20/h5-18H,1-4H3,(H2,32,38)(H2,34,35,39). The zero-order chi connectivity index (χ0) is 27.7. The summed E-state index contributed by atoms with van der Waals surface area (Å²) in [5.41, 5.74) is 10.7. The van der Waals surface area contributed by atoms with Crippen LogP contribution in [-0.2, 0) is 5.41 Å². The first-order chi connectivity index (χ1) is 18.6. The zero-order valence-electron chi connectivity index (χ0n) is 22.3. The Bertz CT molecular complexity index is 1700. The van der Waals surface area contributed by atoms with Gasteiger partial charge in [0.2, 0.25) is 5.91 Å². The number of fused-ring (bicyclic) bond motifs is 1. The fourth-order valence-corrected chi connectivity index (χ4v) is 4.37. The van der Waals surface area contributed by atoms with E-state index >= 15 is 0 Å². The summed E-state index contributed by atoms with van der Waals surface area (Å²) in [5, 5.41) is 12.5. The number of pyridine rings is 1. The van der Waals surface area contributed by atoms with Crippen molar-refractivity contribution in [1.29, 1.82) is 0 Å². The number of hydrogen-bond acceptors (Lipinski definition) is 4. The highest BCUT2D eigenvalue weighted by atomic mass is 16.2. The van der Waals surface area contributed by atoms with Gasteiger partial charge in [0.1, 0.15) is 5.82 Å². The monoisotopic (exact) mass is 518 g/mol. The molecule has 0 radical (unpaired) electrons. The molecule has 0 aliphatic carbocycles. The van der Waals surface area contributed by atoms with Crippen LogP contribution in [0.1, 0.15) is 42.4 Å². The van der Waals surface area contributed by atoms with Gasteiger partial charge in [0.05, 0.1) is 22.6 Å². The maximum absolute atomic E-state index is 13.3. The van der Waals surface area contributed by atoms with Gasteiger partial charge in [0, 0.05) is 34.8 Å². The lowest BCUT2D eigenvalue weighted by Crippen LogP contribution is -2.21. The van der Waals surface area contributed by atoms with Gasteiger partial charge < -0.3 is 11.1 Å². The Morgan fingerprint density at radius 1 is 0.872 bits per heavy atom. The highest BCUT2D eigenvalue weighted by Crippen LogP contribution is 2.34. The number of nitrogens with two attached hydrogens (primary N) is 1. The number of anilines is 2. The molecule has 0 aliphatic heterocycles. The molecule has 0 saturated carbocycles. The van der Waals surface area contributed by atoms with Gasteiger partial charge in [-0.15, -0.1) is 0 Å². The Labute approximate surface area is 226 Å². The maximum atomic E-state index is 13.3. The molecule has 3 aromatic carbocycles. The van der Waals surface area contributed by atoms with Crippen LogP contribution in [0.4, 0.5) is 16.3 Å². The molecular weight excluding hydrogens is 488 g/mol. The first-order valence-corrected chi connectivity index (χ1v) is 12.6. The smallest absolute Gasteiger partial charge is 0.324 e. The van der Waals surface area contributed by atoms with Gasteiger partial charge in [-0.05, 0) is 42.1 Å². The number of carbonyl (C=O) groups excluding carboxylic acids is 2. The summed E-state index contributed by atoms with van der Waals surface area (Å²) in [7, 11) is 0. The first kappa shape index (κ1) is 25.7. The molecule has 2 aromatic heterocycles. The number of carbonyl (C=O) groups is 2. The second-order valence-electron chi connectivity index (χ2n) is 10.5. The first-order valence-electron chi connectivity index (χ1n) is 12.6. The van der Waals surface area contributed by atoms with Crippen LogP contribution in [-0.4, -0.2) is 26.7 Å². The van der Waals surface area contributed by atoms with E-state index in [0.717, 1.165) is 38.8 Å². The number of nitrogens with one attached hydrogen (secondary N) is 2. The lowest BCUT2D eigenvalue weighted by molar-refractivity contribution is 0.1000. The number of aryl methyl sites for hydroxylation is 1. The lowest BCUT2D eigenvalue weighted by Gasteiger charge is -2.14. The predicted molar refractivity (Wildman–Crippen MR) is 155 cm³/mol. The van der Waals surface area contributed by atoms with Crippen LogP contribution in [0.2, 0.25) is 0 Å². The Balaban J connectivity index is 1.47. The predicted octanol–water partition coefficient (Wildman–Crippen LogP) is 6.44. The van der Waals surface area contributed by atoms with Crippen molar-refractivity contribution < 1.29 is 9.59 Å². The number of primary amides is 1. The molecule has 0 fully saturated rings. The molecule has 2 heterocycles. The van der Waals surface area contributed by atoms with E-state index < -0.39 is 5.91 Å². The fourth-order valence-electron chi connectivity index (χ4n) is 4.37. The Morgan fingerprint density at radius 2 is 1.59 bits per heavy atom. The van der Waals surface area contributed by atoms with Crippen LogP contribution in [0.15, 0.2) is 85.2 Å². The van der Waals surface area contributed by atoms with E-state index in [9.17, 15) is 9.59 Å². The molecule has 0 aliphatic rings. The van der Waals surface area contributed by atoms with Gasteiger partial charge >= 0.3 is 6.03 Å². The topological polar surface area (TPSA) is 115 Å². The minimum absolute atomic E-state index is 0.199. The van der Waals surface area contributed by atoms with Gasteiger partial charge in [-0.25, -0.2) is 9.48 Å². The van der Waals surface area contributed by atoms with E-state index in [-0.39, 0.29) is 11.4 Å². The molecule has 3 amide bonds. The normalized spacial score (nSPS) is 11.4. The van der Waals surface area contributed by atoms with Gasteiger partial charge in [-0.2, -0.15) is 5.10 Å². The molecule has 39 heavy (non-hydrogen) atoms. The SMILES string of the molecule is Cc1ccc(-n2nc(C(C)(C)C)cc2NC(=O)Nc2ccc(-c3cncc(C(N)=O)c3)c3ccccc23)cc1. The van der Waals surface area contributed by atoms with Crippen LogP contribution < -0.4 is 16.4 Å². The Morgan fingerprint density at radius 3 is 2.28 bits per heavy atom. The minimum Gasteiger partial charge on any atom is -0.366 e. The Hall–Kier alpha value is -4.98. The molecule has 4 N–H and O–H groups in total. The van der Waals surface area contributed by atoms with Crippen molar-refractivity contribution in [3.63, 3.8) is 0 Å². The summed E-state index contributed by atoms with van der Waals surface area (Å²) >= 11 is 0. The zero-order valence-corrected chi connectivity index (χ0v) is 22.3. The average Bonchev–Trinajstić information content (AvgIpc) is 3.33. The summed E-state index contributed by atoms with van der Waals surface area (Å²) in [6.45, 7) is 8.28. The minimum atomic E-state index is -0.539. The van der Waals surface area contributed by atoms with E-state index in [1.165, 1.54) is 6.20 Å². The number of nitrogens with zero attached hydrogens (tertiary/aromatic N) is 3. The van der Waals surface area contributed by atoms with Crippen LogP contribution in [0.3, 0.4) is 0 Å². The van der Waals surface area contributed by atoms with E-state index in [1.54, 1.807) is 16.9 Å². The maximum Gasteiger partial charge on any atom is 0.324 e. The van der Waals surface area contributed by atoms with Crippen LogP contribution in [0.5, 0.6) is 0 Å². The molecule has 0 spiro atoms. The number of amides is 3. The van der Waals surface area contributed by atoms with Crippen LogP contribution >= 0.6 is 0 Å². The molecule has 0 bridgehead atoms. The molecule has 5 aromatic rings. The number of rotatable bonds is 5. The second kappa shape index (κ2) is 10.1. The molecule has 8 heteroatoms. The highest BCUT2D eigenvalue weighted by molar-refractivity contribution is 6.10. The lowest BCUT2D eigenvalue weighted by atomic mass is 9.92. The highest BCUT2D eigenvalue weighted by Gasteiger charge is 2.22. The van der Waals surface area contributed by atoms with Gasteiger partial charge in [0.15, 0.2) is 0 Å². The quantitative estimate of drug-likeness (QED) is 0.248. The largest absolute Gasteiger partial charge is 0.366 e. The molecule has 196 valence electrons. The molecule has 0 atom stereocenters. The van der Waals surface area contributed by atoms with E-state index in [1.807, 2.05) is 73.7 Å².